The van der Waals surface area contributed by atoms with Crippen molar-refractivity contribution >= 4 is 24.8 Å². The predicted molar refractivity (Wildman–Crippen MR) is 133 cm³/mol. The molecule has 0 spiro atoms. The molecule has 2 aliphatic rings. The Hall–Kier alpha value is -2.12. The van der Waals surface area contributed by atoms with E-state index in [4.69, 9.17) is 9.47 Å². The van der Waals surface area contributed by atoms with Gasteiger partial charge in [0, 0.05) is 47.8 Å². The summed E-state index contributed by atoms with van der Waals surface area (Å²) in [5, 5.41) is 0. The molecule has 0 aromatic rings. The Balaban J connectivity index is 2.22. The fourth-order valence-electron chi connectivity index (χ4n) is 6.58. The van der Waals surface area contributed by atoms with Gasteiger partial charge in [-0.2, -0.15) is 0 Å². The second-order valence-electron chi connectivity index (χ2n) is 12.9. The summed E-state index contributed by atoms with van der Waals surface area (Å²) in [5.74, 6) is -1.12. The van der Waals surface area contributed by atoms with E-state index < -0.39 is 51.7 Å². The highest BCUT2D eigenvalue weighted by Gasteiger charge is 2.52. The van der Waals surface area contributed by atoms with Gasteiger partial charge in [0.1, 0.15) is 12.2 Å². The van der Waals surface area contributed by atoms with E-state index in [2.05, 4.69) is 0 Å². The summed E-state index contributed by atoms with van der Waals surface area (Å²) in [6, 6.07) is 0. The van der Waals surface area contributed by atoms with Crippen LogP contribution in [0.2, 0.25) is 0 Å². The lowest BCUT2D eigenvalue weighted by atomic mass is 9.77. The van der Waals surface area contributed by atoms with Crippen molar-refractivity contribution in [3.8, 4) is 0 Å². The number of amides is 2. The fraction of sp³-hybridized carbons (Fsp3) is 0.852. The van der Waals surface area contributed by atoms with Crippen LogP contribution in [-0.4, -0.2) is 68.9 Å². The van der Waals surface area contributed by atoms with Gasteiger partial charge in [0.05, 0.1) is 0 Å². The van der Waals surface area contributed by atoms with Crippen LogP contribution >= 0.6 is 0 Å². The first-order chi connectivity index (χ1) is 15.9. The number of esters is 2. The maximum atomic E-state index is 13.5. The molecule has 2 amide bonds. The molecule has 2 aliphatic heterocycles. The number of carbonyl (C=O) groups excluding carboxylic acids is 4. The number of carbonyl (C=O) groups is 4. The molecule has 200 valence electrons. The molecule has 2 fully saturated rings. The van der Waals surface area contributed by atoms with Crippen molar-refractivity contribution in [2.45, 2.75) is 142 Å². The Kier molecular flexibility index (Phi) is 8.10. The second kappa shape index (κ2) is 9.74. The number of hydrogen-bond donors (Lipinski definition) is 0. The minimum atomic E-state index is -1.40. The van der Waals surface area contributed by atoms with E-state index in [1.807, 2.05) is 55.4 Å². The monoisotopic (exact) mass is 494 g/mol. The van der Waals surface area contributed by atoms with Gasteiger partial charge in [0.15, 0.2) is 5.41 Å². The van der Waals surface area contributed by atoms with Crippen LogP contribution in [0.5, 0.6) is 0 Å². The molecule has 2 rings (SSSR count). The van der Waals surface area contributed by atoms with Crippen molar-refractivity contribution in [2.75, 3.05) is 0 Å². The minimum Gasteiger partial charge on any atom is -0.461 e. The van der Waals surface area contributed by atoms with Gasteiger partial charge in [-0.15, -0.1) is 0 Å². The molecule has 0 aromatic carbocycles. The van der Waals surface area contributed by atoms with Crippen molar-refractivity contribution in [3.05, 3.63) is 0 Å². The summed E-state index contributed by atoms with van der Waals surface area (Å²) in [4.78, 5) is 54.1. The van der Waals surface area contributed by atoms with E-state index >= 15 is 0 Å². The molecule has 8 nitrogen and oxygen atoms in total. The van der Waals surface area contributed by atoms with Crippen LogP contribution in [0.3, 0.4) is 0 Å². The van der Waals surface area contributed by atoms with Crippen LogP contribution < -0.4 is 0 Å². The van der Waals surface area contributed by atoms with E-state index in [1.54, 1.807) is 23.6 Å². The van der Waals surface area contributed by atoms with Gasteiger partial charge < -0.3 is 19.3 Å². The van der Waals surface area contributed by atoms with E-state index in [0.717, 1.165) is 12.8 Å². The molecular weight excluding hydrogens is 448 g/mol. The van der Waals surface area contributed by atoms with Crippen LogP contribution in [0.15, 0.2) is 0 Å². The van der Waals surface area contributed by atoms with Crippen molar-refractivity contribution in [2.24, 2.45) is 5.41 Å². The summed E-state index contributed by atoms with van der Waals surface area (Å²) >= 11 is 0. The lowest BCUT2D eigenvalue weighted by molar-refractivity contribution is -0.188. The van der Waals surface area contributed by atoms with Gasteiger partial charge in [0.2, 0.25) is 12.8 Å². The number of nitrogens with zero attached hydrogens (tertiary/aromatic N) is 2. The number of rotatable bonds is 8. The number of likely N-dealkylation sites (tertiary alicyclic amines) is 2. The molecular formula is C27H46N2O6. The Bertz CT molecular complexity index is 728. The summed E-state index contributed by atoms with van der Waals surface area (Å²) in [5.41, 5.74) is -3.34. The third-order valence-corrected chi connectivity index (χ3v) is 8.26. The molecule has 0 N–H and O–H groups in total. The zero-order chi connectivity index (χ0) is 27.0. The Morgan fingerprint density at radius 2 is 0.943 bits per heavy atom. The quantitative estimate of drug-likeness (QED) is 0.285. The van der Waals surface area contributed by atoms with Crippen molar-refractivity contribution in [3.63, 3.8) is 0 Å². The van der Waals surface area contributed by atoms with Gasteiger partial charge in [-0.05, 0) is 68.2 Å². The highest BCUT2D eigenvalue weighted by Crippen LogP contribution is 2.42. The minimum absolute atomic E-state index is 0.265. The average Bonchev–Trinajstić information content (AvgIpc) is 2.66. The summed E-state index contributed by atoms with van der Waals surface area (Å²) in [6.45, 7) is 19.3. The van der Waals surface area contributed by atoms with Crippen LogP contribution in [0, 0.1) is 5.41 Å². The predicted octanol–water partition coefficient (Wildman–Crippen LogP) is 4.24. The zero-order valence-electron chi connectivity index (χ0n) is 23.4. The average molecular weight is 495 g/mol. The molecule has 0 atom stereocenters. The fourth-order valence-corrected chi connectivity index (χ4v) is 6.58. The first kappa shape index (κ1) is 29.1. The lowest BCUT2D eigenvalue weighted by Gasteiger charge is -2.53. The third-order valence-electron chi connectivity index (χ3n) is 8.26. The van der Waals surface area contributed by atoms with E-state index in [0.29, 0.717) is 25.7 Å². The molecule has 0 aliphatic carbocycles. The molecule has 35 heavy (non-hydrogen) atoms. The second-order valence-corrected chi connectivity index (χ2v) is 12.9. The van der Waals surface area contributed by atoms with Gasteiger partial charge in [-0.1, -0.05) is 13.8 Å². The molecule has 2 saturated heterocycles. The summed E-state index contributed by atoms with van der Waals surface area (Å²) in [7, 11) is 0. The first-order valence-electron chi connectivity index (χ1n) is 12.8. The molecule has 8 heteroatoms. The zero-order valence-corrected chi connectivity index (χ0v) is 23.4. The van der Waals surface area contributed by atoms with Gasteiger partial charge >= 0.3 is 11.9 Å². The smallest absolute Gasteiger partial charge is 0.323 e. The largest absolute Gasteiger partial charge is 0.461 e. The third kappa shape index (κ3) is 5.51. The first-order valence-corrected chi connectivity index (χ1v) is 12.8. The standard InChI is InChI=1S/C27H46N2O6/c1-11-27(12-2,21(32)34-19-13-23(3,4)28(17-30)24(5,6)14-19)22(33)35-20-15-25(7,8)29(18-31)26(9,10)16-20/h17-20H,11-16H2,1-10H3. The van der Waals surface area contributed by atoms with Gasteiger partial charge in [0.25, 0.3) is 0 Å². The molecule has 0 unspecified atom stereocenters. The molecule has 0 saturated carbocycles. The summed E-state index contributed by atoms with van der Waals surface area (Å²) in [6.07, 6.45) is 3.39. The molecule has 0 aromatic heterocycles. The number of ether oxygens (including phenoxy) is 2. The lowest BCUT2D eigenvalue weighted by Crippen LogP contribution is -2.62. The number of hydrogen-bond acceptors (Lipinski definition) is 6. The maximum Gasteiger partial charge on any atom is 0.323 e. The van der Waals surface area contributed by atoms with Crippen LogP contribution in [0.4, 0.5) is 0 Å². The van der Waals surface area contributed by atoms with Crippen LogP contribution in [-0.2, 0) is 28.7 Å². The van der Waals surface area contributed by atoms with E-state index in [1.165, 1.54) is 0 Å². The number of piperidine rings is 2. The topological polar surface area (TPSA) is 93.2 Å². The Morgan fingerprint density at radius 1 is 0.686 bits per heavy atom. The molecule has 2 heterocycles. The van der Waals surface area contributed by atoms with Crippen molar-refractivity contribution in [1.29, 1.82) is 0 Å². The van der Waals surface area contributed by atoms with Crippen molar-refractivity contribution in [1.82, 2.24) is 9.80 Å². The van der Waals surface area contributed by atoms with E-state index in [9.17, 15) is 19.2 Å². The molecule has 0 radical (unpaired) electrons. The van der Waals surface area contributed by atoms with Gasteiger partial charge in [-0.3, -0.25) is 19.2 Å². The SMILES string of the molecule is CCC(CC)(C(=O)OC1CC(C)(C)N(C=O)C(C)(C)C1)C(=O)OC1CC(C)(C)N(C=O)C(C)(C)C1. The van der Waals surface area contributed by atoms with E-state index in [-0.39, 0.29) is 12.8 Å². The normalized spacial score (nSPS) is 23.9. The summed E-state index contributed by atoms with van der Waals surface area (Å²) < 4.78 is 12.0. The van der Waals surface area contributed by atoms with Crippen LogP contribution in [0.25, 0.3) is 0 Å². The van der Waals surface area contributed by atoms with Crippen molar-refractivity contribution < 1.29 is 28.7 Å². The molecule has 0 bridgehead atoms. The maximum absolute atomic E-state index is 13.5. The van der Waals surface area contributed by atoms with Crippen LogP contribution in [0.1, 0.15) is 108 Å². The Labute approximate surface area is 211 Å². The van der Waals surface area contributed by atoms with Gasteiger partial charge in [-0.25, -0.2) is 0 Å². The Morgan fingerprint density at radius 3 is 1.14 bits per heavy atom. The highest BCUT2D eigenvalue weighted by atomic mass is 16.6. The highest BCUT2D eigenvalue weighted by molar-refractivity contribution is 6.00.